The van der Waals surface area contributed by atoms with E-state index in [2.05, 4.69) is 33.2 Å². The number of aromatic nitrogens is 3. The van der Waals surface area contributed by atoms with Crippen LogP contribution in [0.25, 0.3) is 66.8 Å². The van der Waals surface area contributed by atoms with Crippen LogP contribution in [0.15, 0.2) is 169 Å². The number of benzene rings is 6. The first-order valence-electron chi connectivity index (χ1n) is 31.2. The average Bonchev–Trinajstić information content (AvgIpc) is 1.32. The molecule has 0 bridgehead atoms. The van der Waals surface area contributed by atoms with Crippen LogP contribution in [-0.2, 0) is 58.3 Å². The van der Waals surface area contributed by atoms with Crippen molar-refractivity contribution in [1.82, 2.24) is 15.0 Å². The molecular formula is C64H53FIrN3O. The molecule has 10 aromatic rings. The van der Waals surface area contributed by atoms with Gasteiger partial charge in [-0.2, -0.15) is 0 Å². The number of nitrogens with zero attached hydrogens (tertiary/aromatic N) is 3. The second kappa shape index (κ2) is 21.4. The maximum atomic E-state index is 15.8. The Hall–Kier alpha value is -6.85. The van der Waals surface area contributed by atoms with E-state index in [1.54, 1.807) is 97.1 Å². The SMILES string of the molecule is [2H]c1cc2c(oc3c(-c4ccc(C([2H])([2H])C([2H])([2H])c5cc(C([2H])([2H])C([2H])([2H])c6cnc(-c7[c-]cccc7)cc6C([2H])([2H])[2H])cc(C([2H])([2H])C([2H])([2H])c6cnc(-c7[c-]cccc7)cc6C6([2H])CCCCC6)c5)cn4)[c-]ccc32)c(-c2ccccc2)c1F.[Ir+3]. The summed E-state index contributed by atoms with van der Waals surface area (Å²) in [6, 6.07) is 43.3. The molecular weight excluding hydrogens is 1040 g/mol. The second-order valence-electron chi connectivity index (χ2n) is 16.7. The van der Waals surface area contributed by atoms with Crippen molar-refractivity contribution in [2.45, 2.75) is 83.1 Å². The van der Waals surface area contributed by atoms with Gasteiger partial charge in [-0.1, -0.05) is 109 Å². The molecule has 1 fully saturated rings. The summed E-state index contributed by atoms with van der Waals surface area (Å²) in [6.45, 7) is -3.06. The summed E-state index contributed by atoms with van der Waals surface area (Å²) in [6.07, 6.45) is -14.1. The smallest absolute Gasteiger partial charge is 0.500 e. The molecule has 70 heavy (non-hydrogen) atoms. The minimum atomic E-state index is -3.45. The first kappa shape index (κ1) is 30.7. The van der Waals surface area contributed by atoms with Gasteiger partial charge in [0.05, 0.1) is 12.5 Å². The number of aryl methyl sites for hydroxylation is 7. The Balaban J connectivity index is 0.00000838. The molecule has 1 aliphatic carbocycles. The zero-order valence-corrected chi connectivity index (χ0v) is 39.9. The Morgan fingerprint density at radius 2 is 1.24 bits per heavy atom. The molecule has 0 radical (unpaired) electrons. The van der Waals surface area contributed by atoms with E-state index in [0.717, 1.165) is 49.3 Å². The van der Waals surface area contributed by atoms with Crippen LogP contribution in [0.4, 0.5) is 4.39 Å². The second-order valence-corrected chi connectivity index (χ2v) is 16.7. The fourth-order valence-electron chi connectivity index (χ4n) is 8.70. The molecule has 11 rings (SSSR count). The van der Waals surface area contributed by atoms with Crippen LogP contribution in [0.1, 0.15) is 106 Å². The summed E-state index contributed by atoms with van der Waals surface area (Å²) in [7, 11) is 0. The standard InChI is InChI=1S/C64H53FN3O.Ir/c1-43-35-60(49-17-8-3-9-18-49)67-41-52(43)30-27-46-36-45(37-47(38-46)28-31-53-42-68-61(50-19-10-4-11-20-50)39-57(53)48-15-6-2-7-16-48)26-25-44-29-34-59(66-40-44)56-24-14-23-54-55-32-33-58(65)62(64(55)69-63(54)56)51-21-12-5-13-22-51;/h3-5,8-14,17,19,21-23,29,32-42,48H,2,6-7,15-16,25-28,30-31H2,1H3;/q-3;+3/i1D3,25D2,26D2,27D2,28D2,30D2,31D2,33D,48D;. The van der Waals surface area contributed by atoms with Crippen molar-refractivity contribution in [3.05, 3.63) is 233 Å². The Bertz CT molecular complexity index is 4200. The van der Waals surface area contributed by atoms with E-state index in [1.807, 2.05) is 0 Å². The van der Waals surface area contributed by atoms with E-state index >= 15 is 4.39 Å². The molecule has 0 aliphatic heterocycles. The van der Waals surface area contributed by atoms with Crippen molar-refractivity contribution in [3.8, 4) is 44.9 Å². The fourth-order valence-corrected chi connectivity index (χ4v) is 8.70. The summed E-state index contributed by atoms with van der Waals surface area (Å²) in [4.78, 5) is 13.4. The van der Waals surface area contributed by atoms with Gasteiger partial charge >= 0.3 is 20.1 Å². The number of rotatable bonds is 14. The largest absolute Gasteiger partial charge is 3.00 e. The van der Waals surface area contributed by atoms with E-state index in [4.69, 9.17) is 9.90 Å². The minimum Gasteiger partial charge on any atom is -0.500 e. The summed E-state index contributed by atoms with van der Waals surface area (Å²) >= 11 is 0. The van der Waals surface area contributed by atoms with Crippen molar-refractivity contribution in [3.63, 3.8) is 0 Å². The molecule has 0 unspecified atom stereocenters. The van der Waals surface area contributed by atoms with Gasteiger partial charge in [0.2, 0.25) is 0 Å². The van der Waals surface area contributed by atoms with E-state index < -0.39 is 84.6 Å². The van der Waals surface area contributed by atoms with Gasteiger partial charge in [0, 0.05) is 45.9 Å². The van der Waals surface area contributed by atoms with Crippen molar-refractivity contribution < 1.29 is 52.2 Å². The molecule has 0 N–H and O–H groups in total. The third-order valence-electron chi connectivity index (χ3n) is 12.1. The van der Waals surface area contributed by atoms with Crippen LogP contribution in [-0.4, -0.2) is 15.0 Å². The Morgan fingerprint density at radius 3 is 1.91 bits per heavy atom. The van der Waals surface area contributed by atoms with Crippen molar-refractivity contribution >= 4 is 21.9 Å². The Morgan fingerprint density at radius 1 is 0.614 bits per heavy atom. The molecule has 0 amide bonds. The molecule has 1 aliphatic rings. The number of fused-ring (bicyclic) bond motifs is 3. The normalized spacial score (nSPS) is 18.3. The van der Waals surface area contributed by atoms with Crippen molar-refractivity contribution in [1.29, 1.82) is 0 Å². The van der Waals surface area contributed by atoms with Crippen LogP contribution in [0, 0.1) is 30.9 Å². The first-order chi connectivity index (χ1) is 40.5. The van der Waals surface area contributed by atoms with Crippen molar-refractivity contribution in [2.75, 3.05) is 0 Å². The molecule has 4 aromatic heterocycles. The zero-order chi connectivity index (χ0) is 61.6. The van der Waals surface area contributed by atoms with Gasteiger partial charge in [0.1, 0.15) is 11.4 Å². The molecule has 346 valence electrons. The molecule has 0 saturated heterocycles. The maximum Gasteiger partial charge on any atom is 3.00 e. The van der Waals surface area contributed by atoms with E-state index in [-0.39, 0.29) is 76.5 Å². The number of halogens is 1. The van der Waals surface area contributed by atoms with Gasteiger partial charge in [-0.3, -0.25) is 0 Å². The number of hydrogen-bond donors (Lipinski definition) is 0. The molecule has 0 atom stereocenters. The van der Waals surface area contributed by atoms with Gasteiger partial charge in [-0.05, 0) is 138 Å². The summed E-state index contributed by atoms with van der Waals surface area (Å²) in [5, 5.41) is 0.937. The van der Waals surface area contributed by atoms with Crippen LogP contribution in [0.5, 0.6) is 0 Å². The third kappa shape index (κ3) is 10.2. The Kier molecular flexibility index (Phi) is 9.39. The predicted molar refractivity (Wildman–Crippen MR) is 277 cm³/mol. The van der Waals surface area contributed by atoms with Crippen molar-refractivity contribution in [2.24, 2.45) is 0 Å². The zero-order valence-electron chi connectivity index (χ0n) is 54.5. The van der Waals surface area contributed by atoms with Crippen LogP contribution in [0.2, 0.25) is 0 Å². The predicted octanol–water partition coefficient (Wildman–Crippen LogP) is 15.7. The number of hydrogen-bond acceptors (Lipinski definition) is 4. The molecule has 0 spiro atoms. The maximum absolute atomic E-state index is 15.8. The first-order valence-corrected chi connectivity index (χ1v) is 22.7. The summed E-state index contributed by atoms with van der Waals surface area (Å²) < 4.78 is 182. The van der Waals surface area contributed by atoms with Crippen LogP contribution >= 0.6 is 0 Å². The topological polar surface area (TPSA) is 51.8 Å². The van der Waals surface area contributed by atoms with Crippen LogP contribution in [0.3, 0.4) is 0 Å². The van der Waals surface area contributed by atoms with E-state index in [1.165, 1.54) is 18.2 Å². The third-order valence-corrected chi connectivity index (χ3v) is 12.1. The molecule has 4 heterocycles. The van der Waals surface area contributed by atoms with Gasteiger partial charge in [0.25, 0.3) is 0 Å². The van der Waals surface area contributed by atoms with Gasteiger partial charge in [0.15, 0.2) is 0 Å². The molecule has 4 nitrogen and oxygen atoms in total. The number of furan rings is 1. The molecule has 1 saturated carbocycles. The quantitative estimate of drug-likeness (QED) is 0.102. The Labute approximate surface area is 448 Å². The fraction of sp³-hybridized carbons (Fsp3) is 0.203. The summed E-state index contributed by atoms with van der Waals surface area (Å²) in [5.74, 6) is -2.21. The van der Waals surface area contributed by atoms with Gasteiger partial charge in [-0.15, -0.1) is 90.0 Å². The molecule has 6 aromatic carbocycles. The van der Waals surface area contributed by atoms with E-state index in [9.17, 15) is 17.8 Å². The van der Waals surface area contributed by atoms with E-state index in [0.29, 0.717) is 58.8 Å². The minimum absolute atomic E-state index is 0. The van der Waals surface area contributed by atoms with Gasteiger partial charge < -0.3 is 19.4 Å². The van der Waals surface area contributed by atoms with Gasteiger partial charge in [-0.25, -0.2) is 4.39 Å². The average molecular weight is 1110 g/mol. The summed E-state index contributed by atoms with van der Waals surface area (Å²) in [5.41, 5.74) is -1.53. The molecule has 6 heteroatoms. The van der Waals surface area contributed by atoms with Crippen LogP contribution < -0.4 is 0 Å². The monoisotopic (exact) mass is 1110 g/mol. The number of pyridine rings is 3.